The lowest BCUT2D eigenvalue weighted by atomic mass is 10.0. The third kappa shape index (κ3) is 5.44. The zero-order valence-electron chi connectivity index (χ0n) is 13.4. The minimum absolute atomic E-state index is 0.180. The zero-order valence-corrected chi connectivity index (χ0v) is 13.4. The Morgan fingerprint density at radius 1 is 1.18 bits per heavy atom. The van der Waals surface area contributed by atoms with Gasteiger partial charge in [0.1, 0.15) is 17.6 Å². The maximum atomic E-state index is 10.8. The maximum absolute atomic E-state index is 10.8. The van der Waals surface area contributed by atoms with Crippen LogP contribution in [0.25, 0.3) is 0 Å². The topological polar surface area (TPSA) is 91.0 Å². The van der Waals surface area contributed by atoms with Crippen molar-refractivity contribution >= 4 is 6.09 Å². The van der Waals surface area contributed by atoms with E-state index < -0.39 is 6.09 Å². The van der Waals surface area contributed by atoms with Crippen LogP contribution in [0.15, 0.2) is 12.1 Å². The minimum atomic E-state index is -0.793. The lowest BCUT2D eigenvalue weighted by Gasteiger charge is -2.17. The highest BCUT2D eigenvalue weighted by atomic mass is 16.6. The number of aliphatic hydroxyl groups excluding tert-OH is 1. The number of benzene rings is 1. The van der Waals surface area contributed by atoms with Crippen molar-refractivity contribution < 1.29 is 24.1 Å². The van der Waals surface area contributed by atoms with Crippen LogP contribution in [0, 0.1) is 0 Å². The van der Waals surface area contributed by atoms with Crippen molar-refractivity contribution in [3.8, 4) is 11.5 Å². The Labute approximate surface area is 131 Å². The second kappa shape index (κ2) is 9.15. The number of carbonyl (C=O) groups is 1. The number of methoxy groups -OCH3 is 2. The van der Waals surface area contributed by atoms with Gasteiger partial charge in [-0.25, -0.2) is 4.79 Å². The van der Waals surface area contributed by atoms with Crippen molar-refractivity contribution in [2.45, 2.75) is 38.7 Å². The molecule has 0 heterocycles. The third-order valence-electron chi connectivity index (χ3n) is 3.36. The molecule has 0 aliphatic carbocycles. The first-order chi connectivity index (χ1) is 10.5. The summed E-state index contributed by atoms with van der Waals surface area (Å²) < 4.78 is 15.8. The van der Waals surface area contributed by atoms with Gasteiger partial charge in [0, 0.05) is 18.6 Å². The first-order valence-electron chi connectivity index (χ1n) is 7.32. The molecule has 0 saturated carbocycles. The summed E-state index contributed by atoms with van der Waals surface area (Å²) in [4.78, 5) is 10.8. The number of unbranched alkanes of at least 4 members (excludes halogenated alkanes) is 1. The molecule has 1 rings (SSSR count). The molecule has 0 saturated heterocycles. The van der Waals surface area contributed by atoms with Gasteiger partial charge < -0.3 is 25.1 Å². The van der Waals surface area contributed by atoms with Gasteiger partial charge in [-0.1, -0.05) is 0 Å². The Hall–Kier alpha value is -1.95. The summed E-state index contributed by atoms with van der Waals surface area (Å²) in [5.41, 5.74) is 6.94. The van der Waals surface area contributed by atoms with Gasteiger partial charge in [0.05, 0.1) is 14.2 Å². The summed E-state index contributed by atoms with van der Waals surface area (Å²) in [6, 6.07) is 3.83. The van der Waals surface area contributed by atoms with Crippen LogP contribution >= 0.6 is 0 Å². The van der Waals surface area contributed by atoms with Crippen LogP contribution in [-0.2, 0) is 17.6 Å². The molecular weight excluding hydrogens is 286 g/mol. The summed E-state index contributed by atoms with van der Waals surface area (Å²) in [5, 5.41) is 8.88. The second-order valence-corrected chi connectivity index (χ2v) is 5.11. The van der Waals surface area contributed by atoms with E-state index in [4.69, 9.17) is 25.1 Å². The summed E-state index contributed by atoms with van der Waals surface area (Å²) >= 11 is 0. The normalized spacial score (nSPS) is 11.8. The number of hydrogen-bond donors (Lipinski definition) is 2. The van der Waals surface area contributed by atoms with Gasteiger partial charge in [-0.05, 0) is 43.9 Å². The van der Waals surface area contributed by atoms with E-state index >= 15 is 0 Å². The highest BCUT2D eigenvalue weighted by Gasteiger charge is 2.15. The van der Waals surface area contributed by atoms with Gasteiger partial charge >= 0.3 is 6.09 Å². The molecule has 0 aliphatic heterocycles. The number of aryl methyl sites for hydroxylation is 1. The van der Waals surface area contributed by atoms with Crippen LogP contribution in [-0.4, -0.2) is 38.1 Å². The standard InChI is InChI=1S/C16H25NO5/c1-11(22-16(17)19)8-13-10-14(20-2)12(6-4-5-7-18)9-15(13)21-3/h9-11,18H,4-8H2,1-3H3,(H2,17,19). The Morgan fingerprint density at radius 3 is 2.32 bits per heavy atom. The number of carbonyl (C=O) groups excluding carboxylic acids is 1. The molecule has 0 aromatic heterocycles. The summed E-state index contributed by atoms with van der Waals surface area (Å²) in [6.07, 6.45) is 1.76. The highest BCUT2D eigenvalue weighted by molar-refractivity contribution is 5.64. The van der Waals surface area contributed by atoms with Gasteiger partial charge in [-0.3, -0.25) is 0 Å². The molecule has 1 atom stereocenters. The van der Waals surface area contributed by atoms with Crippen LogP contribution in [0.2, 0.25) is 0 Å². The molecule has 3 N–H and O–H groups in total. The lowest BCUT2D eigenvalue weighted by Crippen LogP contribution is -2.22. The van der Waals surface area contributed by atoms with E-state index in [-0.39, 0.29) is 12.7 Å². The number of ether oxygens (including phenoxy) is 3. The smallest absolute Gasteiger partial charge is 0.404 e. The van der Waals surface area contributed by atoms with Gasteiger partial charge in [-0.15, -0.1) is 0 Å². The Bertz CT molecular complexity index is 490. The molecule has 1 unspecified atom stereocenters. The van der Waals surface area contributed by atoms with E-state index in [9.17, 15) is 4.79 Å². The molecule has 22 heavy (non-hydrogen) atoms. The molecule has 1 amide bonds. The third-order valence-corrected chi connectivity index (χ3v) is 3.36. The van der Waals surface area contributed by atoms with Gasteiger partial charge in [0.2, 0.25) is 0 Å². The molecule has 1 aromatic carbocycles. The minimum Gasteiger partial charge on any atom is -0.496 e. The van der Waals surface area contributed by atoms with Crippen LogP contribution in [0.1, 0.15) is 30.9 Å². The van der Waals surface area contributed by atoms with Gasteiger partial charge in [0.25, 0.3) is 0 Å². The van der Waals surface area contributed by atoms with Crippen molar-refractivity contribution in [3.63, 3.8) is 0 Å². The second-order valence-electron chi connectivity index (χ2n) is 5.11. The van der Waals surface area contributed by atoms with E-state index in [0.29, 0.717) is 6.42 Å². The molecule has 124 valence electrons. The average Bonchev–Trinajstić information content (AvgIpc) is 2.47. The van der Waals surface area contributed by atoms with E-state index in [1.54, 1.807) is 21.1 Å². The Kier molecular flexibility index (Phi) is 7.52. The average molecular weight is 311 g/mol. The van der Waals surface area contributed by atoms with Gasteiger partial charge in [0.15, 0.2) is 0 Å². The van der Waals surface area contributed by atoms with Crippen molar-refractivity contribution in [2.24, 2.45) is 5.73 Å². The first-order valence-corrected chi connectivity index (χ1v) is 7.32. The van der Waals surface area contributed by atoms with Crippen LogP contribution in [0.3, 0.4) is 0 Å². The SMILES string of the molecule is COc1cc(CC(C)OC(N)=O)c(OC)cc1CCCCO. The van der Waals surface area contributed by atoms with Crippen LogP contribution in [0.5, 0.6) is 11.5 Å². The van der Waals surface area contributed by atoms with Crippen LogP contribution < -0.4 is 15.2 Å². The number of rotatable bonds is 9. The Balaban J connectivity index is 2.95. The molecular formula is C16H25NO5. The fraction of sp³-hybridized carbons (Fsp3) is 0.562. The molecule has 0 bridgehead atoms. The quantitative estimate of drug-likeness (QED) is 0.681. The van der Waals surface area contributed by atoms with E-state index in [0.717, 1.165) is 41.9 Å². The largest absolute Gasteiger partial charge is 0.496 e. The molecule has 0 fully saturated rings. The van der Waals surface area contributed by atoms with E-state index in [2.05, 4.69) is 0 Å². The van der Waals surface area contributed by atoms with Crippen molar-refractivity contribution in [1.82, 2.24) is 0 Å². The van der Waals surface area contributed by atoms with E-state index in [1.165, 1.54) is 0 Å². The number of aliphatic hydroxyl groups is 1. The molecule has 1 aromatic rings. The summed E-state index contributed by atoms with van der Waals surface area (Å²) in [6.45, 7) is 1.95. The number of primary amides is 1. The molecule has 0 aliphatic rings. The van der Waals surface area contributed by atoms with Crippen molar-refractivity contribution in [3.05, 3.63) is 23.3 Å². The maximum Gasteiger partial charge on any atom is 0.404 e. The predicted octanol–water partition coefficient (Wildman–Crippen LogP) is 2.05. The highest BCUT2D eigenvalue weighted by Crippen LogP contribution is 2.31. The zero-order chi connectivity index (χ0) is 16.5. The molecule has 6 nitrogen and oxygen atoms in total. The lowest BCUT2D eigenvalue weighted by molar-refractivity contribution is 0.116. The molecule has 0 spiro atoms. The fourth-order valence-electron chi connectivity index (χ4n) is 2.36. The monoisotopic (exact) mass is 311 g/mol. The summed E-state index contributed by atoms with van der Waals surface area (Å²) in [5.74, 6) is 1.49. The van der Waals surface area contributed by atoms with Gasteiger partial charge in [-0.2, -0.15) is 0 Å². The molecule has 6 heteroatoms. The predicted molar refractivity (Wildman–Crippen MR) is 83.4 cm³/mol. The van der Waals surface area contributed by atoms with Crippen molar-refractivity contribution in [2.75, 3.05) is 20.8 Å². The molecule has 0 radical (unpaired) electrons. The van der Waals surface area contributed by atoms with Crippen LogP contribution in [0.4, 0.5) is 4.79 Å². The number of amides is 1. The van der Waals surface area contributed by atoms with E-state index in [1.807, 2.05) is 12.1 Å². The number of nitrogens with two attached hydrogens (primary N) is 1. The fourth-order valence-corrected chi connectivity index (χ4v) is 2.36. The van der Waals surface area contributed by atoms with Crippen molar-refractivity contribution in [1.29, 1.82) is 0 Å². The first kappa shape index (κ1) is 18.1. The summed E-state index contributed by atoms with van der Waals surface area (Å²) in [7, 11) is 3.22. The Morgan fingerprint density at radius 2 is 1.77 bits per heavy atom. The number of hydrogen-bond acceptors (Lipinski definition) is 5.